The molecule has 1 aliphatic rings. The molecule has 0 N–H and O–H groups in total. The van der Waals surface area contributed by atoms with Crippen molar-refractivity contribution in [2.45, 2.75) is 13.0 Å². The molecule has 0 saturated carbocycles. The molecule has 1 aliphatic heterocycles. The van der Waals surface area contributed by atoms with Crippen LogP contribution in [0.4, 0.5) is 0 Å². The molecule has 0 amide bonds. The lowest BCUT2D eigenvalue weighted by Gasteiger charge is -2.21. The van der Waals surface area contributed by atoms with Crippen LogP contribution in [0.5, 0.6) is 5.75 Å². The first-order valence-electron chi connectivity index (χ1n) is 9.13. The molecule has 3 rings (SSSR count). The van der Waals surface area contributed by atoms with Crippen LogP contribution in [0.3, 0.4) is 0 Å². The van der Waals surface area contributed by atoms with E-state index in [0.29, 0.717) is 0 Å². The van der Waals surface area contributed by atoms with Crippen LogP contribution in [0, 0.1) is 0 Å². The third-order valence-electron chi connectivity index (χ3n) is 4.73. The molecule has 3 heteroatoms. The zero-order valence-corrected chi connectivity index (χ0v) is 15.1. The summed E-state index contributed by atoms with van der Waals surface area (Å²) in [6.45, 7) is 6.67. The predicted octanol–water partition coefficient (Wildman–Crippen LogP) is 3.92. The van der Waals surface area contributed by atoms with Gasteiger partial charge < -0.3 is 4.74 Å². The van der Waals surface area contributed by atoms with Crippen molar-refractivity contribution in [2.24, 2.45) is 0 Å². The molecule has 25 heavy (non-hydrogen) atoms. The smallest absolute Gasteiger partial charge is 0.126 e. The number of hydrogen-bond donors (Lipinski definition) is 0. The van der Waals surface area contributed by atoms with Gasteiger partial charge in [0, 0.05) is 31.7 Å². The van der Waals surface area contributed by atoms with Crippen LogP contribution in [0.25, 0.3) is 6.08 Å². The largest absolute Gasteiger partial charge is 0.496 e. The SMILES string of the molecule is COc1ccccc1/C=C\CN1CCCN(Cc2ccccc2)CC1. The topological polar surface area (TPSA) is 15.7 Å². The average Bonchev–Trinajstić information content (AvgIpc) is 2.88. The zero-order chi connectivity index (χ0) is 17.3. The first-order chi connectivity index (χ1) is 12.3. The van der Waals surface area contributed by atoms with Gasteiger partial charge in [0.25, 0.3) is 0 Å². The van der Waals surface area contributed by atoms with Gasteiger partial charge in [0.2, 0.25) is 0 Å². The number of benzene rings is 2. The maximum absolute atomic E-state index is 5.41. The van der Waals surface area contributed by atoms with Crippen LogP contribution in [-0.4, -0.2) is 49.6 Å². The fourth-order valence-corrected chi connectivity index (χ4v) is 3.34. The molecular weight excluding hydrogens is 308 g/mol. The molecule has 0 atom stereocenters. The highest BCUT2D eigenvalue weighted by molar-refractivity contribution is 5.57. The van der Waals surface area contributed by atoms with Gasteiger partial charge >= 0.3 is 0 Å². The monoisotopic (exact) mass is 336 g/mol. The lowest BCUT2D eigenvalue weighted by Crippen LogP contribution is -2.30. The normalized spacial score (nSPS) is 16.8. The minimum absolute atomic E-state index is 0.934. The number of rotatable bonds is 6. The molecule has 132 valence electrons. The van der Waals surface area contributed by atoms with Crippen molar-refractivity contribution in [2.75, 3.05) is 39.8 Å². The molecule has 0 aromatic heterocycles. The summed E-state index contributed by atoms with van der Waals surface area (Å²) in [7, 11) is 1.72. The first-order valence-corrected chi connectivity index (χ1v) is 9.13. The Morgan fingerprint density at radius 3 is 2.44 bits per heavy atom. The fraction of sp³-hybridized carbons (Fsp3) is 0.364. The van der Waals surface area contributed by atoms with Crippen molar-refractivity contribution < 1.29 is 4.74 Å². The standard InChI is InChI=1S/C22H28N2O/c1-25-22-13-6-5-11-21(22)12-7-14-23-15-8-16-24(18-17-23)19-20-9-3-2-4-10-20/h2-7,9-13H,8,14-19H2,1H3/b12-7-. The molecule has 1 fully saturated rings. The minimum atomic E-state index is 0.934. The summed E-state index contributed by atoms with van der Waals surface area (Å²) in [4.78, 5) is 5.11. The van der Waals surface area contributed by atoms with Crippen LogP contribution in [0.2, 0.25) is 0 Å². The van der Waals surface area contributed by atoms with Crippen molar-refractivity contribution in [1.82, 2.24) is 9.80 Å². The van der Waals surface area contributed by atoms with Gasteiger partial charge in [-0.1, -0.05) is 60.7 Å². The highest BCUT2D eigenvalue weighted by atomic mass is 16.5. The van der Waals surface area contributed by atoms with Gasteiger partial charge in [-0.05, 0) is 31.1 Å². The van der Waals surface area contributed by atoms with E-state index < -0.39 is 0 Å². The second kappa shape index (κ2) is 9.40. The van der Waals surface area contributed by atoms with Crippen molar-refractivity contribution >= 4 is 6.08 Å². The van der Waals surface area contributed by atoms with Gasteiger partial charge in [-0.3, -0.25) is 9.80 Å². The molecule has 3 nitrogen and oxygen atoms in total. The second-order valence-corrected chi connectivity index (χ2v) is 6.56. The average molecular weight is 336 g/mol. The highest BCUT2D eigenvalue weighted by Crippen LogP contribution is 2.18. The number of methoxy groups -OCH3 is 1. The quantitative estimate of drug-likeness (QED) is 0.795. The maximum Gasteiger partial charge on any atom is 0.126 e. The predicted molar refractivity (Wildman–Crippen MR) is 105 cm³/mol. The van der Waals surface area contributed by atoms with E-state index in [2.05, 4.69) is 64.4 Å². The second-order valence-electron chi connectivity index (χ2n) is 6.56. The van der Waals surface area contributed by atoms with E-state index in [0.717, 1.165) is 37.5 Å². The van der Waals surface area contributed by atoms with Gasteiger partial charge in [0.05, 0.1) is 7.11 Å². The summed E-state index contributed by atoms with van der Waals surface area (Å²) in [5.74, 6) is 0.934. The molecule has 2 aromatic carbocycles. The molecule has 0 radical (unpaired) electrons. The Bertz CT molecular complexity index is 669. The lowest BCUT2D eigenvalue weighted by atomic mass is 10.2. The van der Waals surface area contributed by atoms with Gasteiger partial charge in [-0.25, -0.2) is 0 Å². The van der Waals surface area contributed by atoms with Crippen LogP contribution < -0.4 is 4.74 Å². The van der Waals surface area contributed by atoms with Crippen LogP contribution in [0.1, 0.15) is 17.5 Å². The molecule has 1 saturated heterocycles. The number of ether oxygens (including phenoxy) is 1. The van der Waals surface area contributed by atoms with Crippen LogP contribution in [-0.2, 0) is 6.54 Å². The number of hydrogen-bond acceptors (Lipinski definition) is 3. The maximum atomic E-state index is 5.41. The molecule has 0 unspecified atom stereocenters. The summed E-state index contributed by atoms with van der Waals surface area (Å²) in [6, 6.07) is 18.9. The van der Waals surface area contributed by atoms with Gasteiger partial charge in [-0.15, -0.1) is 0 Å². The molecular formula is C22H28N2O. The summed E-state index contributed by atoms with van der Waals surface area (Å²) in [6.07, 6.45) is 5.66. The Hall–Kier alpha value is -2.10. The molecule has 0 bridgehead atoms. The van der Waals surface area contributed by atoms with E-state index in [1.807, 2.05) is 12.1 Å². The minimum Gasteiger partial charge on any atom is -0.496 e. The Labute approximate surface area is 151 Å². The van der Waals surface area contributed by atoms with Crippen LogP contribution in [0.15, 0.2) is 60.7 Å². The van der Waals surface area contributed by atoms with E-state index in [9.17, 15) is 0 Å². The molecule has 0 spiro atoms. The first kappa shape index (κ1) is 17.7. The summed E-state index contributed by atoms with van der Waals surface area (Å²) < 4.78 is 5.41. The number of nitrogens with zero attached hydrogens (tertiary/aromatic N) is 2. The Balaban J connectivity index is 1.49. The van der Waals surface area contributed by atoms with E-state index in [1.54, 1.807) is 7.11 Å². The van der Waals surface area contributed by atoms with E-state index in [-0.39, 0.29) is 0 Å². The summed E-state index contributed by atoms with van der Waals surface area (Å²) >= 11 is 0. The van der Waals surface area contributed by atoms with Crippen LogP contribution >= 0.6 is 0 Å². The zero-order valence-electron chi connectivity index (χ0n) is 15.1. The van der Waals surface area contributed by atoms with Crippen molar-refractivity contribution in [3.8, 4) is 5.75 Å². The molecule has 1 heterocycles. The Morgan fingerprint density at radius 1 is 0.880 bits per heavy atom. The fourth-order valence-electron chi connectivity index (χ4n) is 3.34. The Kier molecular flexibility index (Phi) is 6.66. The Morgan fingerprint density at radius 2 is 1.60 bits per heavy atom. The van der Waals surface area contributed by atoms with Gasteiger partial charge in [0.1, 0.15) is 5.75 Å². The highest BCUT2D eigenvalue weighted by Gasteiger charge is 2.13. The lowest BCUT2D eigenvalue weighted by molar-refractivity contribution is 0.262. The van der Waals surface area contributed by atoms with Crippen molar-refractivity contribution in [3.63, 3.8) is 0 Å². The summed E-state index contributed by atoms with van der Waals surface area (Å²) in [5.41, 5.74) is 2.55. The van der Waals surface area contributed by atoms with E-state index in [4.69, 9.17) is 4.74 Å². The number of para-hydroxylation sites is 1. The van der Waals surface area contributed by atoms with Gasteiger partial charge in [0.15, 0.2) is 0 Å². The molecule has 0 aliphatic carbocycles. The van der Waals surface area contributed by atoms with Crippen molar-refractivity contribution in [3.05, 3.63) is 71.8 Å². The van der Waals surface area contributed by atoms with E-state index in [1.165, 1.54) is 25.1 Å². The third-order valence-corrected chi connectivity index (χ3v) is 4.73. The van der Waals surface area contributed by atoms with Crippen molar-refractivity contribution in [1.29, 1.82) is 0 Å². The van der Waals surface area contributed by atoms with Gasteiger partial charge in [-0.2, -0.15) is 0 Å². The summed E-state index contributed by atoms with van der Waals surface area (Å²) in [5, 5.41) is 0. The van der Waals surface area contributed by atoms with E-state index >= 15 is 0 Å². The molecule has 2 aromatic rings. The third kappa shape index (κ3) is 5.45.